The van der Waals surface area contributed by atoms with Crippen LogP contribution in [0, 0.1) is 0 Å². The van der Waals surface area contributed by atoms with Gasteiger partial charge < -0.3 is 15.4 Å². The monoisotopic (exact) mass is 290 g/mol. The molecule has 0 aliphatic carbocycles. The molecular weight excluding hydrogens is 268 g/mol. The van der Waals surface area contributed by atoms with Crippen molar-refractivity contribution < 1.29 is 14.3 Å². The second-order valence-corrected chi connectivity index (χ2v) is 5.28. The van der Waals surface area contributed by atoms with Crippen LogP contribution >= 0.6 is 0 Å². The molecule has 2 N–H and O–H groups in total. The van der Waals surface area contributed by atoms with E-state index < -0.39 is 12.0 Å². The predicted molar refractivity (Wildman–Crippen MR) is 79.7 cm³/mol. The van der Waals surface area contributed by atoms with Gasteiger partial charge in [0.2, 0.25) is 5.91 Å². The maximum atomic E-state index is 12.2. The topological polar surface area (TPSA) is 67.4 Å². The lowest BCUT2D eigenvalue weighted by Crippen LogP contribution is -2.52. The van der Waals surface area contributed by atoms with Crippen LogP contribution in [0.2, 0.25) is 0 Å². The molecule has 1 aromatic carbocycles. The molecule has 5 heteroatoms. The van der Waals surface area contributed by atoms with Crippen LogP contribution in [-0.2, 0) is 20.7 Å². The van der Waals surface area contributed by atoms with E-state index in [4.69, 9.17) is 4.74 Å². The van der Waals surface area contributed by atoms with Crippen LogP contribution in [0.15, 0.2) is 30.3 Å². The smallest absolute Gasteiger partial charge is 0.328 e. The van der Waals surface area contributed by atoms with Gasteiger partial charge >= 0.3 is 5.97 Å². The number of benzene rings is 1. The van der Waals surface area contributed by atoms with E-state index in [1.807, 2.05) is 30.3 Å². The van der Waals surface area contributed by atoms with Crippen molar-refractivity contribution in [1.82, 2.24) is 10.6 Å². The normalized spacial score (nSPS) is 19.6. The van der Waals surface area contributed by atoms with Crippen LogP contribution in [0.5, 0.6) is 0 Å². The number of carbonyl (C=O) groups excluding carboxylic acids is 2. The first-order valence-electron chi connectivity index (χ1n) is 7.36. The number of ether oxygens (including phenoxy) is 1. The predicted octanol–water partition coefficient (Wildman–Crippen LogP) is 1.03. The van der Waals surface area contributed by atoms with Gasteiger partial charge in [0.25, 0.3) is 0 Å². The molecule has 2 rings (SSSR count). The van der Waals surface area contributed by atoms with E-state index in [9.17, 15) is 9.59 Å². The zero-order valence-electron chi connectivity index (χ0n) is 12.3. The number of hydrogen-bond acceptors (Lipinski definition) is 4. The minimum atomic E-state index is -0.645. The fourth-order valence-corrected chi connectivity index (χ4v) is 2.53. The van der Waals surface area contributed by atoms with Gasteiger partial charge in [-0.3, -0.25) is 4.79 Å². The third-order valence-electron chi connectivity index (χ3n) is 3.71. The molecule has 1 fully saturated rings. The van der Waals surface area contributed by atoms with Crippen LogP contribution in [0.25, 0.3) is 0 Å². The average Bonchev–Trinajstić information content (AvgIpc) is 2.55. The van der Waals surface area contributed by atoms with Crippen molar-refractivity contribution in [2.45, 2.75) is 37.8 Å². The number of hydrogen-bond donors (Lipinski definition) is 2. The van der Waals surface area contributed by atoms with Gasteiger partial charge in [0.05, 0.1) is 13.2 Å². The lowest BCUT2D eigenvalue weighted by atomic mass is 10.0. The largest absolute Gasteiger partial charge is 0.467 e. The van der Waals surface area contributed by atoms with E-state index in [2.05, 4.69) is 10.6 Å². The Morgan fingerprint density at radius 3 is 2.71 bits per heavy atom. The molecule has 5 nitrogen and oxygen atoms in total. The summed E-state index contributed by atoms with van der Waals surface area (Å²) < 4.78 is 4.80. The summed E-state index contributed by atoms with van der Waals surface area (Å²) in [7, 11) is 1.34. The minimum absolute atomic E-state index is 0.124. The second kappa shape index (κ2) is 7.78. The summed E-state index contributed by atoms with van der Waals surface area (Å²) >= 11 is 0. The van der Waals surface area contributed by atoms with Gasteiger partial charge in [0.15, 0.2) is 0 Å². The summed E-state index contributed by atoms with van der Waals surface area (Å²) in [5.74, 6) is -0.538. The molecule has 0 radical (unpaired) electrons. The Kier molecular flexibility index (Phi) is 5.75. The number of piperidine rings is 1. The lowest BCUT2D eigenvalue weighted by Gasteiger charge is -2.25. The van der Waals surface area contributed by atoms with E-state index in [0.29, 0.717) is 6.42 Å². The van der Waals surface area contributed by atoms with Gasteiger partial charge in [-0.05, 0) is 24.9 Å². The van der Waals surface area contributed by atoms with Crippen molar-refractivity contribution in [3.05, 3.63) is 35.9 Å². The first-order chi connectivity index (χ1) is 10.2. The van der Waals surface area contributed by atoms with Gasteiger partial charge in [-0.1, -0.05) is 36.8 Å². The molecule has 1 aliphatic rings. The molecule has 0 aromatic heterocycles. The molecule has 1 amide bonds. The third-order valence-corrected chi connectivity index (χ3v) is 3.71. The summed E-state index contributed by atoms with van der Waals surface area (Å²) in [4.78, 5) is 24.1. The van der Waals surface area contributed by atoms with Gasteiger partial charge in [-0.2, -0.15) is 0 Å². The summed E-state index contributed by atoms with van der Waals surface area (Å²) in [6.07, 6.45) is 3.37. The fourth-order valence-electron chi connectivity index (χ4n) is 2.53. The van der Waals surface area contributed by atoms with Crippen molar-refractivity contribution in [3.63, 3.8) is 0 Å². The van der Waals surface area contributed by atoms with Crippen molar-refractivity contribution in [2.75, 3.05) is 13.7 Å². The molecule has 1 aliphatic heterocycles. The molecule has 1 unspecified atom stereocenters. The highest BCUT2D eigenvalue weighted by Gasteiger charge is 2.27. The molecule has 1 saturated heterocycles. The zero-order chi connectivity index (χ0) is 15.1. The highest BCUT2D eigenvalue weighted by molar-refractivity contribution is 5.87. The van der Waals surface area contributed by atoms with Crippen LogP contribution in [0.4, 0.5) is 0 Å². The number of nitrogens with one attached hydrogen (secondary N) is 2. The fraction of sp³-hybridized carbons (Fsp3) is 0.500. The summed E-state index contributed by atoms with van der Waals surface area (Å²) in [6, 6.07) is 8.75. The highest BCUT2D eigenvalue weighted by Crippen LogP contribution is 2.09. The van der Waals surface area contributed by atoms with E-state index in [-0.39, 0.29) is 11.9 Å². The molecule has 0 saturated carbocycles. The molecule has 1 heterocycles. The van der Waals surface area contributed by atoms with E-state index in [0.717, 1.165) is 31.4 Å². The van der Waals surface area contributed by atoms with Gasteiger partial charge in [0, 0.05) is 6.42 Å². The Labute approximate surface area is 125 Å². The quantitative estimate of drug-likeness (QED) is 0.795. The number of carbonyl (C=O) groups is 2. The van der Waals surface area contributed by atoms with E-state index in [1.165, 1.54) is 7.11 Å². The molecule has 0 spiro atoms. The molecule has 21 heavy (non-hydrogen) atoms. The Morgan fingerprint density at radius 2 is 2.10 bits per heavy atom. The van der Waals surface area contributed by atoms with Crippen molar-refractivity contribution >= 4 is 11.9 Å². The van der Waals surface area contributed by atoms with Crippen molar-refractivity contribution in [1.29, 1.82) is 0 Å². The lowest BCUT2D eigenvalue weighted by molar-refractivity contribution is -0.145. The van der Waals surface area contributed by atoms with E-state index >= 15 is 0 Å². The summed E-state index contributed by atoms with van der Waals surface area (Å²) in [5.41, 5.74) is 0.991. The van der Waals surface area contributed by atoms with Crippen LogP contribution in [-0.4, -0.2) is 37.6 Å². The maximum Gasteiger partial charge on any atom is 0.328 e. The van der Waals surface area contributed by atoms with Gasteiger partial charge in [0.1, 0.15) is 6.04 Å². The zero-order valence-corrected chi connectivity index (χ0v) is 12.3. The first kappa shape index (κ1) is 15.5. The maximum absolute atomic E-state index is 12.2. The van der Waals surface area contributed by atoms with Crippen LogP contribution in [0.1, 0.15) is 24.8 Å². The van der Waals surface area contributed by atoms with Crippen molar-refractivity contribution in [2.24, 2.45) is 0 Å². The highest BCUT2D eigenvalue weighted by atomic mass is 16.5. The number of esters is 1. The summed E-state index contributed by atoms with van der Waals surface area (Å²) in [5, 5.41) is 5.99. The van der Waals surface area contributed by atoms with E-state index in [1.54, 1.807) is 0 Å². The Morgan fingerprint density at radius 1 is 1.33 bits per heavy atom. The Bertz CT molecular complexity index is 470. The van der Waals surface area contributed by atoms with Crippen molar-refractivity contribution in [3.8, 4) is 0 Å². The standard InChI is InChI=1S/C16H22N2O3/c1-21-16(20)14(11-12-7-3-2-4-8-12)18-15(19)13-9-5-6-10-17-13/h2-4,7-8,13-14,17H,5-6,9-11H2,1H3,(H,18,19)/t13-,14?/m0/s1. The molecule has 1 aromatic rings. The first-order valence-corrected chi connectivity index (χ1v) is 7.36. The van der Waals surface area contributed by atoms with Crippen LogP contribution < -0.4 is 10.6 Å². The van der Waals surface area contributed by atoms with Gasteiger partial charge in [-0.25, -0.2) is 4.79 Å². The SMILES string of the molecule is COC(=O)C(Cc1ccccc1)NC(=O)[C@@H]1CCCCN1. The third kappa shape index (κ3) is 4.56. The number of amides is 1. The molecule has 114 valence electrons. The van der Waals surface area contributed by atoms with Gasteiger partial charge in [-0.15, -0.1) is 0 Å². The number of methoxy groups -OCH3 is 1. The molecule has 2 atom stereocenters. The van der Waals surface area contributed by atoms with Crippen LogP contribution in [0.3, 0.4) is 0 Å². The summed E-state index contributed by atoms with van der Waals surface area (Å²) in [6.45, 7) is 0.847. The Hall–Kier alpha value is -1.88. The molecular formula is C16H22N2O3. The second-order valence-electron chi connectivity index (χ2n) is 5.28. The number of rotatable bonds is 5. The Balaban J connectivity index is 1.99. The average molecular weight is 290 g/mol. The molecule has 0 bridgehead atoms. The minimum Gasteiger partial charge on any atom is -0.467 e.